The smallest absolute Gasteiger partial charge is 0.323 e. The van der Waals surface area contributed by atoms with Gasteiger partial charge in [-0.2, -0.15) is 0 Å². The topological polar surface area (TPSA) is 87.0 Å². The molecule has 1 amide bonds. The number of hydrogen-bond donors (Lipinski definition) is 3. The van der Waals surface area contributed by atoms with Crippen molar-refractivity contribution >= 4 is 28.7 Å². The first-order valence-electron chi connectivity index (χ1n) is 6.99. The van der Waals surface area contributed by atoms with Crippen molar-refractivity contribution in [2.24, 2.45) is 0 Å². The molecule has 0 aliphatic heterocycles. The number of carbonyl (C=O) groups is 1. The number of benzene rings is 2. The maximum Gasteiger partial charge on any atom is 0.323 e. The summed E-state index contributed by atoms with van der Waals surface area (Å²) in [5.41, 5.74) is 2.57. The largest absolute Gasteiger partial charge is 0.497 e. The lowest BCUT2D eigenvalue weighted by Crippen LogP contribution is -2.07. The molecular weight excluding hydrogens is 294 g/mol. The van der Waals surface area contributed by atoms with Gasteiger partial charge in [-0.05, 0) is 42.0 Å². The lowest BCUT2D eigenvalue weighted by molar-refractivity contribution is -0.111. The predicted molar refractivity (Wildman–Crippen MR) is 89.6 cm³/mol. The quantitative estimate of drug-likeness (QED) is 0.647. The highest BCUT2D eigenvalue weighted by atomic mass is 16.5. The number of ether oxygens (including phenoxy) is 1. The molecule has 1 aromatic heterocycles. The normalized spacial score (nSPS) is 11.0. The average Bonchev–Trinajstić information content (AvgIpc) is 2.92. The van der Waals surface area contributed by atoms with Gasteiger partial charge in [-0.15, -0.1) is 0 Å². The van der Waals surface area contributed by atoms with Crippen molar-refractivity contribution < 1.29 is 9.53 Å². The van der Waals surface area contributed by atoms with Crippen LogP contribution < -0.4 is 15.7 Å². The van der Waals surface area contributed by atoms with Crippen molar-refractivity contribution in [1.29, 1.82) is 0 Å². The van der Waals surface area contributed by atoms with E-state index in [1.807, 2.05) is 24.3 Å². The zero-order valence-corrected chi connectivity index (χ0v) is 12.4. The molecule has 0 spiro atoms. The summed E-state index contributed by atoms with van der Waals surface area (Å²) in [6.07, 6.45) is 3.16. The van der Waals surface area contributed by atoms with E-state index in [1.165, 1.54) is 6.08 Å². The monoisotopic (exact) mass is 309 g/mol. The fraction of sp³-hybridized carbons (Fsp3) is 0.0588. The second-order valence-electron chi connectivity index (χ2n) is 4.94. The lowest BCUT2D eigenvalue weighted by atomic mass is 10.2. The van der Waals surface area contributed by atoms with Crippen LogP contribution in [-0.2, 0) is 4.79 Å². The number of hydrogen-bond acceptors (Lipinski definition) is 3. The Bertz CT molecular complexity index is 920. The van der Waals surface area contributed by atoms with Crippen molar-refractivity contribution in [1.82, 2.24) is 9.97 Å². The lowest BCUT2D eigenvalue weighted by Gasteiger charge is -2.02. The van der Waals surface area contributed by atoms with Gasteiger partial charge in [0.1, 0.15) is 5.75 Å². The Morgan fingerprint density at radius 1 is 1.09 bits per heavy atom. The fourth-order valence-electron chi connectivity index (χ4n) is 2.18. The van der Waals surface area contributed by atoms with Crippen molar-refractivity contribution in [3.63, 3.8) is 0 Å². The molecule has 0 radical (unpaired) electrons. The summed E-state index contributed by atoms with van der Waals surface area (Å²) in [7, 11) is 1.60. The van der Waals surface area contributed by atoms with Crippen molar-refractivity contribution in [2.45, 2.75) is 0 Å². The predicted octanol–water partition coefficient (Wildman–Crippen LogP) is 2.52. The molecule has 0 saturated carbocycles. The Kier molecular flexibility index (Phi) is 3.97. The number of carbonyl (C=O) groups excluding carboxylic acids is 1. The number of fused-ring (bicyclic) bond motifs is 1. The van der Waals surface area contributed by atoms with Crippen LogP contribution in [-0.4, -0.2) is 23.0 Å². The second kappa shape index (κ2) is 6.23. The summed E-state index contributed by atoms with van der Waals surface area (Å²) in [6.45, 7) is 0. The van der Waals surface area contributed by atoms with E-state index in [9.17, 15) is 9.59 Å². The van der Waals surface area contributed by atoms with Gasteiger partial charge >= 0.3 is 5.69 Å². The molecule has 3 N–H and O–H groups in total. The molecule has 3 rings (SSSR count). The van der Waals surface area contributed by atoms with E-state index in [0.29, 0.717) is 16.7 Å². The minimum absolute atomic E-state index is 0.252. The molecule has 1 heterocycles. The van der Waals surface area contributed by atoms with E-state index >= 15 is 0 Å². The summed E-state index contributed by atoms with van der Waals surface area (Å²) in [5, 5.41) is 2.75. The maximum absolute atomic E-state index is 11.9. The number of anilines is 1. The zero-order chi connectivity index (χ0) is 16.2. The van der Waals surface area contributed by atoms with Crippen molar-refractivity contribution in [3.05, 3.63) is 64.6 Å². The van der Waals surface area contributed by atoms with Gasteiger partial charge in [0.15, 0.2) is 0 Å². The van der Waals surface area contributed by atoms with Gasteiger partial charge in [0.2, 0.25) is 5.91 Å². The van der Waals surface area contributed by atoms with Crippen LogP contribution in [0.5, 0.6) is 5.75 Å². The fourth-order valence-corrected chi connectivity index (χ4v) is 2.18. The summed E-state index contributed by atoms with van der Waals surface area (Å²) in [5.74, 6) is 0.512. The Hall–Kier alpha value is -3.28. The van der Waals surface area contributed by atoms with Crippen LogP contribution in [0.4, 0.5) is 5.69 Å². The Morgan fingerprint density at radius 2 is 1.83 bits per heavy atom. The highest BCUT2D eigenvalue weighted by Gasteiger charge is 2.02. The maximum atomic E-state index is 11.9. The number of rotatable bonds is 4. The molecule has 116 valence electrons. The molecule has 2 aromatic carbocycles. The SMILES string of the molecule is COc1ccc(C=CC(=O)Nc2ccc3[nH]c(=O)[nH]c3c2)cc1. The summed E-state index contributed by atoms with van der Waals surface area (Å²) in [6, 6.07) is 12.5. The Balaban J connectivity index is 1.69. The number of aromatic nitrogens is 2. The highest BCUT2D eigenvalue weighted by molar-refractivity contribution is 6.02. The molecule has 0 fully saturated rings. The Labute approximate surface area is 131 Å². The summed E-state index contributed by atoms with van der Waals surface area (Å²) in [4.78, 5) is 28.5. The standard InChI is InChI=1S/C17H15N3O3/c1-23-13-6-2-11(3-7-13)4-9-16(21)18-12-5-8-14-15(10-12)20-17(22)19-14/h2-10H,1H3,(H,18,21)(H2,19,20,22). The van der Waals surface area contributed by atoms with Gasteiger partial charge in [0.05, 0.1) is 18.1 Å². The van der Waals surface area contributed by atoms with Crippen LogP contribution >= 0.6 is 0 Å². The molecular formula is C17H15N3O3. The molecule has 3 aromatic rings. The van der Waals surface area contributed by atoms with Crippen LogP contribution in [0, 0.1) is 0 Å². The molecule has 0 atom stereocenters. The zero-order valence-electron chi connectivity index (χ0n) is 12.4. The van der Waals surface area contributed by atoms with Crippen LogP contribution in [0.3, 0.4) is 0 Å². The van der Waals surface area contributed by atoms with E-state index in [2.05, 4.69) is 15.3 Å². The highest BCUT2D eigenvalue weighted by Crippen LogP contribution is 2.15. The van der Waals surface area contributed by atoms with Crippen LogP contribution in [0.2, 0.25) is 0 Å². The molecule has 6 nitrogen and oxygen atoms in total. The number of amides is 1. The van der Waals surface area contributed by atoms with Gasteiger partial charge in [-0.25, -0.2) is 4.79 Å². The van der Waals surface area contributed by atoms with Gasteiger partial charge in [-0.1, -0.05) is 12.1 Å². The van der Waals surface area contributed by atoms with Gasteiger partial charge in [0, 0.05) is 11.8 Å². The molecule has 6 heteroatoms. The number of aromatic amines is 2. The van der Waals surface area contributed by atoms with Crippen LogP contribution in [0.25, 0.3) is 17.1 Å². The Morgan fingerprint density at radius 3 is 2.57 bits per heavy atom. The van der Waals surface area contributed by atoms with E-state index < -0.39 is 0 Å². The van der Waals surface area contributed by atoms with E-state index in [1.54, 1.807) is 31.4 Å². The van der Waals surface area contributed by atoms with E-state index in [-0.39, 0.29) is 11.6 Å². The minimum atomic E-state index is -0.275. The summed E-state index contributed by atoms with van der Waals surface area (Å²) >= 11 is 0. The molecule has 0 aliphatic carbocycles. The number of imidazole rings is 1. The van der Waals surface area contributed by atoms with Crippen molar-refractivity contribution in [3.8, 4) is 5.75 Å². The third-order valence-electron chi connectivity index (χ3n) is 3.33. The average molecular weight is 309 g/mol. The third kappa shape index (κ3) is 3.49. The number of methoxy groups -OCH3 is 1. The number of nitrogens with one attached hydrogen (secondary N) is 3. The molecule has 0 bridgehead atoms. The van der Waals surface area contributed by atoms with Gasteiger partial charge in [-0.3, -0.25) is 4.79 Å². The second-order valence-corrected chi connectivity index (χ2v) is 4.94. The summed E-state index contributed by atoms with van der Waals surface area (Å²) < 4.78 is 5.08. The van der Waals surface area contributed by atoms with Gasteiger partial charge in [0.25, 0.3) is 0 Å². The van der Waals surface area contributed by atoms with E-state index in [0.717, 1.165) is 11.3 Å². The minimum Gasteiger partial charge on any atom is -0.497 e. The molecule has 0 unspecified atom stereocenters. The number of H-pyrrole nitrogens is 2. The van der Waals surface area contributed by atoms with Crippen LogP contribution in [0.15, 0.2) is 53.3 Å². The van der Waals surface area contributed by atoms with E-state index in [4.69, 9.17) is 4.74 Å². The molecule has 23 heavy (non-hydrogen) atoms. The third-order valence-corrected chi connectivity index (χ3v) is 3.33. The first-order chi connectivity index (χ1) is 11.1. The molecule has 0 saturated heterocycles. The van der Waals surface area contributed by atoms with Gasteiger partial charge < -0.3 is 20.0 Å². The first kappa shape index (κ1) is 14.6. The van der Waals surface area contributed by atoms with Crippen LogP contribution in [0.1, 0.15) is 5.56 Å². The first-order valence-corrected chi connectivity index (χ1v) is 6.99. The molecule has 0 aliphatic rings. The van der Waals surface area contributed by atoms with Crippen molar-refractivity contribution in [2.75, 3.05) is 12.4 Å².